The van der Waals surface area contributed by atoms with Gasteiger partial charge in [-0.3, -0.25) is 0 Å². The molecule has 1 atom stereocenters. The number of anilines is 2. The third-order valence-electron chi connectivity index (χ3n) is 2.06. The van der Waals surface area contributed by atoms with Gasteiger partial charge in [-0.1, -0.05) is 0 Å². The van der Waals surface area contributed by atoms with E-state index in [1.54, 1.807) is 7.11 Å². The molecule has 1 rings (SSSR count). The van der Waals surface area contributed by atoms with Crippen molar-refractivity contribution in [3.63, 3.8) is 0 Å². The number of nitrogen functional groups attached to an aromatic ring is 1. The average Bonchev–Trinajstić information content (AvgIpc) is 2.29. The summed E-state index contributed by atoms with van der Waals surface area (Å²) < 4.78 is 5.73. The monoisotopic (exact) mass is 289 g/mol. The summed E-state index contributed by atoms with van der Waals surface area (Å²) in [5.74, 6) is 6.58. The molecule has 16 heavy (non-hydrogen) atoms. The lowest BCUT2D eigenvalue weighted by atomic mass is 10.2. The van der Waals surface area contributed by atoms with Gasteiger partial charge in [0.25, 0.3) is 0 Å². The number of rotatable bonds is 6. The Bertz CT molecular complexity index is 336. The smallest absolute Gasteiger partial charge is 0.159 e. The van der Waals surface area contributed by atoms with E-state index in [2.05, 4.69) is 43.6 Å². The lowest BCUT2D eigenvalue weighted by Gasteiger charge is -2.15. The van der Waals surface area contributed by atoms with Gasteiger partial charge in [-0.2, -0.15) is 0 Å². The van der Waals surface area contributed by atoms with E-state index in [1.807, 2.05) is 0 Å². The summed E-state index contributed by atoms with van der Waals surface area (Å²) >= 11 is 3.38. The van der Waals surface area contributed by atoms with Crippen LogP contribution in [0.2, 0.25) is 0 Å². The maximum atomic E-state index is 5.31. The Balaban J connectivity index is 2.66. The Hall–Kier alpha value is -0.920. The van der Waals surface area contributed by atoms with Crippen LogP contribution in [0.4, 0.5) is 11.6 Å². The third kappa shape index (κ3) is 3.58. The molecule has 0 saturated carbocycles. The minimum absolute atomic E-state index is 0.261. The molecule has 0 amide bonds. The van der Waals surface area contributed by atoms with E-state index < -0.39 is 0 Å². The van der Waals surface area contributed by atoms with Crippen LogP contribution in [0.1, 0.15) is 13.3 Å². The first-order chi connectivity index (χ1) is 7.69. The molecule has 0 aliphatic carbocycles. The molecule has 6 nitrogen and oxygen atoms in total. The SMILES string of the molecule is COCCC(C)Nc1ncnc(NN)c1Br. The summed E-state index contributed by atoms with van der Waals surface area (Å²) in [7, 11) is 1.68. The molecule has 1 aromatic heterocycles. The topological polar surface area (TPSA) is 85.1 Å². The quantitative estimate of drug-likeness (QED) is 0.542. The molecule has 0 radical (unpaired) electrons. The van der Waals surface area contributed by atoms with Crippen LogP contribution >= 0.6 is 15.9 Å². The van der Waals surface area contributed by atoms with Crippen LogP contribution in [-0.2, 0) is 4.74 Å². The largest absolute Gasteiger partial charge is 0.385 e. The second kappa shape index (κ2) is 6.62. The van der Waals surface area contributed by atoms with Gasteiger partial charge < -0.3 is 15.5 Å². The number of hydrogen-bond donors (Lipinski definition) is 3. The highest BCUT2D eigenvalue weighted by Crippen LogP contribution is 2.26. The van der Waals surface area contributed by atoms with E-state index in [-0.39, 0.29) is 6.04 Å². The van der Waals surface area contributed by atoms with Crippen molar-refractivity contribution in [1.29, 1.82) is 0 Å². The average molecular weight is 290 g/mol. The number of nitrogens with one attached hydrogen (secondary N) is 2. The van der Waals surface area contributed by atoms with Crippen molar-refractivity contribution in [2.24, 2.45) is 5.84 Å². The minimum atomic E-state index is 0.261. The lowest BCUT2D eigenvalue weighted by Crippen LogP contribution is -2.19. The Labute approximate surface area is 103 Å². The molecule has 0 bridgehead atoms. The second-order valence-electron chi connectivity index (χ2n) is 3.36. The molecule has 4 N–H and O–H groups in total. The molecule has 1 unspecified atom stereocenters. The summed E-state index contributed by atoms with van der Waals surface area (Å²) in [5, 5.41) is 3.25. The minimum Gasteiger partial charge on any atom is -0.385 e. The fraction of sp³-hybridized carbons (Fsp3) is 0.556. The summed E-state index contributed by atoms with van der Waals surface area (Å²) in [6.07, 6.45) is 2.35. The van der Waals surface area contributed by atoms with Crippen molar-refractivity contribution < 1.29 is 4.74 Å². The molecule has 0 spiro atoms. The molecule has 0 aromatic carbocycles. The van der Waals surface area contributed by atoms with Crippen LogP contribution < -0.4 is 16.6 Å². The molecule has 0 aliphatic heterocycles. The number of nitrogens with two attached hydrogens (primary N) is 1. The number of aromatic nitrogens is 2. The van der Waals surface area contributed by atoms with E-state index in [0.717, 1.165) is 10.9 Å². The van der Waals surface area contributed by atoms with E-state index in [9.17, 15) is 0 Å². The van der Waals surface area contributed by atoms with Crippen LogP contribution in [-0.4, -0.2) is 29.7 Å². The van der Waals surface area contributed by atoms with Crippen LogP contribution in [0.5, 0.6) is 0 Å². The zero-order valence-corrected chi connectivity index (χ0v) is 10.9. The number of ether oxygens (including phenoxy) is 1. The first-order valence-corrected chi connectivity index (χ1v) is 5.71. The first-order valence-electron chi connectivity index (χ1n) is 4.91. The number of hydrazine groups is 1. The molecule has 0 saturated heterocycles. The van der Waals surface area contributed by atoms with Crippen molar-refractivity contribution in [3.05, 3.63) is 10.8 Å². The van der Waals surface area contributed by atoms with Crippen molar-refractivity contribution in [2.75, 3.05) is 24.5 Å². The summed E-state index contributed by atoms with van der Waals surface area (Å²) in [5.41, 5.74) is 2.49. The van der Waals surface area contributed by atoms with Crippen LogP contribution in [0.25, 0.3) is 0 Å². The van der Waals surface area contributed by atoms with Crippen molar-refractivity contribution >= 4 is 27.6 Å². The maximum Gasteiger partial charge on any atom is 0.159 e. The molecule has 7 heteroatoms. The van der Waals surface area contributed by atoms with Gasteiger partial charge in [0.05, 0.1) is 0 Å². The number of methoxy groups -OCH3 is 1. The van der Waals surface area contributed by atoms with Gasteiger partial charge in [-0.05, 0) is 29.3 Å². The zero-order valence-electron chi connectivity index (χ0n) is 9.33. The number of hydrogen-bond acceptors (Lipinski definition) is 6. The molecule has 0 fully saturated rings. The Morgan fingerprint density at radius 1 is 1.50 bits per heavy atom. The highest BCUT2D eigenvalue weighted by atomic mass is 79.9. The third-order valence-corrected chi connectivity index (χ3v) is 2.82. The molecular weight excluding hydrogens is 274 g/mol. The molecule has 1 heterocycles. The highest BCUT2D eigenvalue weighted by molar-refractivity contribution is 9.10. The number of nitrogens with zero attached hydrogens (tertiary/aromatic N) is 2. The van der Waals surface area contributed by atoms with E-state index in [4.69, 9.17) is 10.6 Å². The standard InChI is InChI=1S/C9H16BrN5O/c1-6(3-4-16-2)14-8-7(10)9(15-11)13-5-12-8/h5-6H,3-4,11H2,1-2H3,(H2,12,13,14,15). The predicted octanol–water partition coefficient (Wildman–Crippen LogP) is 1.36. The normalized spacial score (nSPS) is 12.2. The predicted molar refractivity (Wildman–Crippen MR) is 67.1 cm³/mol. The van der Waals surface area contributed by atoms with Gasteiger partial charge in [0.15, 0.2) is 5.82 Å². The van der Waals surface area contributed by atoms with Gasteiger partial charge in [0.2, 0.25) is 0 Å². The molecule has 0 aliphatic rings. The highest BCUT2D eigenvalue weighted by Gasteiger charge is 2.10. The van der Waals surface area contributed by atoms with Crippen LogP contribution in [0, 0.1) is 0 Å². The maximum absolute atomic E-state index is 5.31. The number of halogens is 1. The summed E-state index contributed by atoms with van der Waals surface area (Å²) in [6, 6.07) is 0.261. The Kier molecular flexibility index (Phi) is 5.44. The molecule has 90 valence electrons. The van der Waals surface area contributed by atoms with Gasteiger partial charge >= 0.3 is 0 Å². The lowest BCUT2D eigenvalue weighted by molar-refractivity contribution is 0.191. The van der Waals surface area contributed by atoms with Gasteiger partial charge in [0, 0.05) is 19.8 Å². The van der Waals surface area contributed by atoms with Gasteiger partial charge in [-0.15, -0.1) is 0 Å². The fourth-order valence-electron chi connectivity index (χ4n) is 1.17. The second-order valence-corrected chi connectivity index (χ2v) is 4.15. The summed E-state index contributed by atoms with van der Waals surface area (Å²) in [6.45, 7) is 2.77. The van der Waals surface area contributed by atoms with Crippen molar-refractivity contribution in [3.8, 4) is 0 Å². The van der Waals surface area contributed by atoms with Crippen LogP contribution in [0.15, 0.2) is 10.8 Å². The first kappa shape index (κ1) is 13.1. The van der Waals surface area contributed by atoms with Crippen molar-refractivity contribution in [2.45, 2.75) is 19.4 Å². The molecular formula is C9H16BrN5O. The van der Waals surface area contributed by atoms with Gasteiger partial charge in [0.1, 0.15) is 16.6 Å². The fourth-order valence-corrected chi connectivity index (χ4v) is 1.60. The van der Waals surface area contributed by atoms with Gasteiger partial charge in [-0.25, -0.2) is 15.8 Å². The van der Waals surface area contributed by atoms with Crippen molar-refractivity contribution in [1.82, 2.24) is 9.97 Å². The van der Waals surface area contributed by atoms with E-state index in [1.165, 1.54) is 6.33 Å². The van der Waals surface area contributed by atoms with E-state index in [0.29, 0.717) is 18.2 Å². The zero-order chi connectivity index (χ0) is 12.0. The Morgan fingerprint density at radius 3 is 2.81 bits per heavy atom. The molecule has 1 aromatic rings. The van der Waals surface area contributed by atoms with E-state index >= 15 is 0 Å². The summed E-state index contributed by atoms with van der Waals surface area (Å²) in [4.78, 5) is 8.10. The Morgan fingerprint density at radius 2 is 2.19 bits per heavy atom. The van der Waals surface area contributed by atoms with Crippen LogP contribution in [0.3, 0.4) is 0 Å².